The zero-order valence-corrected chi connectivity index (χ0v) is 8.72. The van der Waals surface area contributed by atoms with Crippen LogP contribution in [0, 0.1) is 5.82 Å². The molecule has 0 aliphatic rings. The molecule has 2 rings (SSSR count). The summed E-state index contributed by atoms with van der Waals surface area (Å²) in [5.41, 5.74) is 0.162. The van der Waals surface area contributed by atoms with E-state index in [1.54, 1.807) is 0 Å². The van der Waals surface area contributed by atoms with Crippen LogP contribution in [-0.2, 0) is 0 Å². The Balaban J connectivity index is 2.20. The Morgan fingerprint density at radius 3 is 2.82 bits per heavy atom. The molecule has 0 fully saturated rings. The number of benzene rings is 1. The van der Waals surface area contributed by atoms with E-state index in [2.05, 4.69) is 10.3 Å². The SMILES string of the molecule is O=C(Nc1ncccc1O)c1cccc(F)c1. The van der Waals surface area contributed by atoms with Crippen molar-refractivity contribution in [3.8, 4) is 5.75 Å². The predicted octanol–water partition coefficient (Wildman–Crippen LogP) is 2.18. The first-order valence-corrected chi connectivity index (χ1v) is 4.88. The lowest BCUT2D eigenvalue weighted by atomic mass is 10.2. The van der Waals surface area contributed by atoms with Crippen LogP contribution in [0.25, 0.3) is 0 Å². The largest absolute Gasteiger partial charge is 0.504 e. The molecule has 17 heavy (non-hydrogen) atoms. The summed E-state index contributed by atoms with van der Waals surface area (Å²) in [7, 11) is 0. The van der Waals surface area contributed by atoms with Crippen LogP contribution in [0.5, 0.6) is 5.75 Å². The lowest BCUT2D eigenvalue weighted by Gasteiger charge is -2.05. The molecule has 86 valence electrons. The molecule has 0 saturated carbocycles. The van der Waals surface area contributed by atoms with Crippen molar-refractivity contribution in [1.82, 2.24) is 4.98 Å². The summed E-state index contributed by atoms with van der Waals surface area (Å²) in [6.45, 7) is 0. The van der Waals surface area contributed by atoms with Crippen LogP contribution < -0.4 is 5.32 Å². The lowest BCUT2D eigenvalue weighted by molar-refractivity contribution is 0.102. The number of anilines is 1. The maximum Gasteiger partial charge on any atom is 0.257 e. The molecule has 1 amide bonds. The minimum Gasteiger partial charge on any atom is -0.504 e. The maximum absolute atomic E-state index is 12.9. The minimum atomic E-state index is -0.529. The fourth-order valence-electron chi connectivity index (χ4n) is 1.30. The number of carbonyl (C=O) groups excluding carboxylic acids is 1. The van der Waals surface area contributed by atoms with Gasteiger partial charge in [0.15, 0.2) is 11.6 Å². The van der Waals surface area contributed by atoms with E-state index in [0.717, 1.165) is 6.07 Å². The van der Waals surface area contributed by atoms with E-state index in [9.17, 15) is 14.3 Å². The normalized spacial score (nSPS) is 9.94. The van der Waals surface area contributed by atoms with Gasteiger partial charge in [-0.3, -0.25) is 4.79 Å². The van der Waals surface area contributed by atoms with Gasteiger partial charge < -0.3 is 10.4 Å². The Morgan fingerprint density at radius 2 is 2.12 bits per heavy atom. The zero-order valence-electron chi connectivity index (χ0n) is 8.72. The van der Waals surface area contributed by atoms with Crippen LogP contribution in [0.1, 0.15) is 10.4 Å². The van der Waals surface area contributed by atoms with Gasteiger partial charge in [-0.2, -0.15) is 0 Å². The maximum atomic E-state index is 12.9. The molecule has 0 radical (unpaired) electrons. The summed E-state index contributed by atoms with van der Waals surface area (Å²) >= 11 is 0. The molecular formula is C12H9FN2O2. The van der Waals surface area contributed by atoms with Gasteiger partial charge in [-0.25, -0.2) is 9.37 Å². The van der Waals surface area contributed by atoms with Gasteiger partial charge in [-0.05, 0) is 30.3 Å². The van der Waals surface area contributed by atoms with E-state index >= 15 is 0 Å². The number of pyridine rings is 1. The molecule has 0 aliphatic heterocycles. The predicted molar refractivity (Wildman–Crippen MR) is 60.3 cm³/mol. The fraction of sp³-hybridized carbons (Fsp3) is 0. The van der Waals surface area contributed by atoms with E-state index in [-0.39, 0.29) is 17.1 Å². The van der Waals surface area contributed by atoms with Crippen LogP contribution in [0.2, 0.25) is 0 Å². The molecule has 5 heteroatoms. The second-order valence-electron chi connectivity index (χ2n) is 3.34. The number of amides is 1. The average molecular weight is 232 g/mol. The van der Waals surface area contributed by atoms with Crippen molar-refractivity contribution in [2.75, 3.05) is 5.32 Å². The Hall–Kier alpha value is -2.43. The molecule has 0 bridgehead atoms. The van der Waals surface area contributed by atoms with Gasteiger partial charge in [-0.15, -0.1) is 0 Å². The lowest BCUT2D eigenvalue weighted by Crippen LogP contribution is -2.13. The summed E-state index contributed by atoms with van der Waals surface area (Å²) in [5.74, 6) is -1.12. The van der Waals surface area contributed by atoms with Crippen LogP contribution >= 0.6 is 0 Å². The quantitative estimate of drug-likeness (QED) is 0.834. The molecule has 0 saturated heterocycles. The highest BCUT2D eigenvalue weighted by Gasteiger charge is 2.09. The fourth-order valence-corrected chi connectivity index (χ4v) is 1.30. The van der Waals surface area contributed by atoms with Crippen LogP contribution in [-0.4, -0.2) is 16.0 Å². The van der Waals surface area contributed by atoms with Gasteiger partial charge in [-0.1, -0.05) is 6.07 Å². The van der Waals surface area contributed by atoms with Crippen molar-refractivity contribution in [2.45, 2.75) is 0 Å². The summed E-state index contributed by atoms with van der Waals surface area (Å²) in [4.78, 5) is 15.5. The third-order valence-electron chi connectivity index (χ3n) is 2.11. The molecule has 0 spiro atoms. The van der Waals surface area contributed by atoms with E-state index in [4.69, 9.17) is 0 Å². The topological polar surface area (TPSA) is 62.2 Å². The van der Waals surface area contributed by atoms with Gasteiger partial charge in [0, 0.05) is 11.8 Å². The van der Waals surface area contributed by atoms with Crippen LogP contribution in [0.4, 0.5) is 10.2 Å². The van der Waals surface area contributed by atoms with Gasteiger partial charge in [0.1, 0.15) is 5.82 Å². The van der Waals surface area contributed by atoms with Crippen molar-refractivity contribution in [2.24, 2.45) is 0 Å². The molecule has 2 N–H and O–H groups in total. The number of aromatic nitrogens is 1. The van der Waals surface area contributed by atoms with Crippen LogP contribution in [0.3, 0.4) is 0 Å². The first-order chi connectivity index (χ1) is 8.16. The Kier molecular flexibility index (Phi) is 3.00. The Morgan fingerprint density at radius 1 is 1.29 bits per heavy atom. The molecule has 1 aromatic carbocycles. The van der Waals surface area contributed by atoms with Crippen molar-refractivity contribution in [3.05, 3.63) is 54.0 Å². The Bertz CT molecular complexity index is 558. The van der Waals surface area contributed by atoms with Crippen LogP contribution in [0.15, 0.2) is 42.6 Å². The van der Waals surface area contributed by atoms with Gasteiger partial charge >= 0.3 is 0 Å². The minimum absolute atomic E-state index is 0.0433. The smallest absolute Gasteiger partial charge is 0.257 e. The number of hydrogen-bond acceptors (Lipinski definition) is 3. The second kappa shape index (κ2) is 4.61. The molecule has 1 aromatic heterocycles. The van der Waals surface area contributed by atoms with Crippen molar-refractivity contribution in [3.63, 3.8) is 0 Å². The highest BCUT2D eigenvalue weighted by Crippen LogP contribution is 2.19. The van der Waals surface area contributed by atoms with Crippen molar-refractivity contribution in [1.29, 1.82) is 0 Å². The van der Waals surface area contributed by atoms with Gasteiger partial charge in [0.25, 0.3) is 5.91 Å². The number of nitrogens with one attached hydrogen (secondary N) is 1. The molecule has 0 unspecified atom stereocenters. The highest BCUT2D eigenvalue weighted by atomic mass is 19.1. The summed E-state index contributed by atoms with van der Waals surface area (Å²) in [5, 5.41) is 11.8. The molecule has 4 nitrogen and oxygen atoms in total. The first-order valence-electron chi connectivity index (χ1n) is 4.88. The monoisotopic (exact) mass is 232 g/mol. The average Bonchev–Trinajstić information content (AvgIpc) is 2.32. The first kappa shape index (κ1) is 11.1. The summed E-state index contributed by atoms with van der Waals surface area (Å²) < 4.78 is 12.9. The number of aromatic hydroxyl groups is 1. The molecule has 0 atom stereocenters. The molecule has 0 aliphatic carbocycles. The van der Waals surface area contributed by atoms with E-state index < -0.39 is 11.7 Å². The summed E-state index contributed by atoms with van der Waals surface area (Å²) in [6, 6.07) is 8.19. The van der Waals surface area contributed by atoms with Gasteiger partial charge in [0.05, 0.1) is 0 Å². The third kappa shape index (κ3) is 2.57. The molecule has 2 aromatic rings. The number of halogens is 1. The highest BCUT2D eigenvalue weighted by molar-refractivity contribution is 6.04. The zero-order chi connectivity index (χ0) is 12.3. The summed E-state index contributed by atoms with van der Waals surface area (Å²) in [6.07, 6.45) is 1.43. The number of rotatable bonds is 2. The third-order valence-corrected chi connectivity index (χ3v) is 2.11. The van der Waals surface area contributed by atoms with Gasteiger partial charge in [0.2, 0.25) is 0 Å². The number of hydrogen-bond donors (Lipinski definition) is 2. The molecular weight excluding hydrogens is 223 g/mol. The Labute approximate surface area is 96.7 Å². The standard InChI is InChI=1S/C12H9FN2O2/c13-9-4-1-3-8(7-9)12(17)15-11-10(16)5-2-6-14-11/h1-7,16H,(H,14,15,17). The number of carbonyl (C=O) groups is 1. The second-order valence-corrected chi connectivity index (χ2v) is 3.34. The number of nitrogens with zero attached hydrogens (tertiary/aromatic N) is 1. The van der Waals surface area contributed by atoms with E-state index in [0.29, 0.717) is 0 Å². The van der Waals surface area contributed by atoms with Crippen molar-refractivity contribution >= 4 is 11.7 Å². The van der Waals surface area contributed by atoms with E-state index in [1.807, 2.05) is 0 Å². The van der Waals surface area contributed by atoms with Crippen molar-refractivity contribution < 1.29 is 14.3 Å². The molecule has 1 heterocycles. The van der Waals surface area contributed by atoms with E-state index in [1.165, 1.54) is 36.5 Å².